The molecule has 0 aliphatic heterocycles. The van der Waals surface area contributed by atoms with Crippen molar-refractivity contribution in [1.82, 2.24) is 5.32 Å². The van der Waals surface area contributed by atoms with Gasteiger partial charge >= 0.3 is 5.97 Å². The van der Waals surface area contributed by atoms with Crippen LogP contribution in [0.4, 0.5) is 0 Å². The molecule has 2 rings (SSSR count). The zero-order valence-corrected chi connectivity index (χ0v) is 14.2. The SMILES string of the molecule is COc1ccc(CNC(=O)C(C)OC(=O)c2ccccc2Cl)cc1. The first-order chi connectivity index (χ1) is 11.5. The van der Waals surface area contributed by atoms with Crippen LogP contribution in [-0.2, 0) is 16.1 Å². The van der Waals surface area contributed by atoms with Gasteiger partial charge in [0.15, 0.2) is 6.10 Å². The summed E-state index contributed by atoms with van der Waals surface area (Å²) in [6.45, 7) is 1.84. The summed E-state index contributed by atoms with van der Waals surface area (Å²) < 4.78 is 10.2. The van der Waals surface area contributed by atoms with Gasteiger partial charge in [0.1, 0.15) is 5.75 Å². The van der Waals surface area contributed by atoms with Crippen molar-refractivity contribution < 1.29 is 19.1 Å². The van der Waals surface area contributed by atoms with Gasteiger partial charge in [0.25, 0.3) is 5.91 Å². The Morgan fingerprint density at radius 1 is 1.12 bits per heavy atom. The van der Waals surface area contributed by atoms with Crippen molar-refractivity contribution in [2.24, 2.45) is 0 Å². The number of carbonyl (C=O) groups excluding carboxylic acids is 2. The third-order valence-corrected chi connectivity index (χ3v) is 3.70. The number of halogens is 1. The molecular weight excluding hydrogens is 330 g/mol. The summed E-state index contributed by atoms with van der Waals surface area (Å²) >= 11 is 5.94. The normalized spacial score (nSPS) is 11.5. The Morgan fingerprint density at radius 2 is 1.79 bits per heavy atom. The second kappa shape index (κ2) is 8.36. The van der Waals surface area contributed by atoms with Crippen LogP contribution in [0.2, 0.25) is 5.02 Å². The largest absolute Gasteiger partial charge is 0.497 e. The van der Waals surface area contributed by atoms with Gasteiger partial charge in [-0.3, -0.25) is 4.79 Å². The Balaban J connectivity index is 1.87. The number of hydrogen-bond donors (Lipinski definition) is 1. The fourth-order valence-corrected chi connectivity index (χ4v) is 2.19. The molecule has 0 aliphatic rings. The molecule has 1 N–H and O–H groups in total. The van der Waals surface area contributed by atoms with E-state index in [1.165, 1.54) is 6.92 Å². The number of nitrogens with one attached hydrogen (secondary N) is 1. The molecule has 0 radical (unpaired) electrons. The van der Waals surface area contributed by atoms with Crippen molar-refractivity contribution in [3.8, 4) is 5.75 Å². The molecule has 24 heavy (non-hydrogen) atoms. The Kier molecular flexibility index (Phi) is 6.21. The maximum atomic E-state index is 12.0. The van der Waals surface area contributed by atoms with Crippen LogP contribution in [0, 0.1) is 0 Å². The standard InChI is InChI=1S/C18H18ClNO4/c1-12(24-18(22)15-5-3-4-6-16(15)19)17(21)20-11-13-7-9-14(23-2)10-8-13/h3-10,12H,11H2,1-2H3,(H,20,21). The van der Waals surface area contributed by atoms with Gasteiger partial charge in [-0.25, -0.2) is 4.79 Å². The molecule has 0 bridgehead atoms. The predicted octanol–water partition coefficient (Wildman–Crippen LogP) is 3.21. The van der Waals surface area contributed by atoms with Crippen LogP contribution in [-0.4, -0.2) is 25.1 Å². The Bertz CT molecular complexity index is 715. The van der Waals surface area contributed by atoms with Crippen molar-refractivity contribution in [2.45, 2.75) is 19.6 Å². The van der Waals surface area contributed by atoms with Crippen LogP contribution >= 0.6 is 11.6 Å². The van der Waals surface area contributed by atoms with Gasteiger partial charge in [-0.2, -0.15) is 0 Å². The zero-order valence-electron chi connectivity index (χ0n) is 13.4. The van der Waals surface area contributed by atoms with Gasteiger partial charge in [-0.1, -0.05) is 35.9 Å². The molecular formula is C18H18ClNO4. The summed E-state index contributed by atoms with van der Waals surface area (Å²) in [6.07, 6.45) is -0.924. The topological polar surface area (TPSA) is 64.6 Å². The first kappa shape index (κ1) is 17.8. The summed E-state index contributed by atoms with van der Waals surface area (Å²) in [5.41, 5.74) is 1.14. The maximum Gasteiger partial charge on any atom is 0.340 e. The lowest BCUT2D eigenvalue weighted by molar-refractivity contribution is -0.129. The van der Waals surface area contributed by atoms with Crippen LogP contribution in [0.5, 0.6) is 5.75 Å². The molecule has 1 atom stereocenters. The van der Waals surface area contributed by atoms with Crippen LogP contribution in [0.25, 0.3) is 0 Å². The molecule has 5 nitrogen and oxygen atoms in total. The third-order valence-electron chi connectivity index (χ3n) is 3.37. The lowest BCUT2D eigenvalue weighted by Gasteiger charge is -2.14. The summed E-state index contributed by atoms with van der Waals surface area (Å²) in [6, 6.07) is 13.8. The van der Waals surface area contributed by atoms with Crippen molar-refractivity contribution in [2.75, 3.05) is 7.11 Å². The predicted molar refractivity (Wildman–Crippen MR) is 91.2 cm³/mol. The fraction of sp³-hybridized carbons (Fsp3) is 0.222. The number of hydrogen-bond acceptors (Lipinski definition) is 4. The van der Waals surface area contributed by atoms with E-state index >= 15 is 0 Å². The molecule has 2 aromatic rings. The van der Waals surface area contributed by atoms with Crippen LogP contribution in [0.1, 0.15) is 22.8 Å². The first-order valence-electron chi connectivity index (χ1n) is 7.37. The highest BCUT2D eigenvalue weighted by molar-refractivity contribution is 6.33. The second-order valence-electron chi connectivity index (χ2n) is 5.09. The van der Waals surface area contributed by atoms with Crippen molar-refractivity contribution in [3.05, 3.63) is 64.7 Å². The Morgan fingerprint density at radius 3 is 2.42 bits per heavy atom. The van der Waals surface area contributed by atoms with Crippen molar-refractivity contribution in [1.29, 1.82) is 0 Å². The molecule has 0 spiro atoms. The van der Waals surface area contributed by atoms with E-state index in [-0.39, 0.29) is 16.5 Å². The molecule has 1 amide bonds. The summed E-state index contributed by atoms with van der Waals surface area (Å²) in [5, 5.41) is 3.00. The summed E-state index contributed by atoms with van der Waals surface area (Å²) in [5.74, 6) is -0.272. The van der Waals surface area contributed by atoms with E-state index < -0.39 is 12.1 Å². The summed E-state index contributed by atoms with van der Waals surface area (Å²) in [4.78, 5) is 24.1. The van der Waals surface area contributed by atoms with Gasteiger partial charge in [-0.15, -0.1) is 0 Å². The molecule has 1 unspecified atom stereocenters. The number of carbonyl (C=O) groups is 2. The van der Waals surface area contributed by atoms with Gasteiger partial charge in [0, 0.05) is 6.54 Å². The monoisotopic (exact) mass is 347 g/mol. The van der Waals surface area contributed by atoms with E-state index in [2.05, 4.69) is 5.32 Å². The van der Waals surface area contributed by atoms with Gasteiger partial charge in [-0.05, 0) is 36.8 Å². The Hall–Kier alpha value is -2.53. The smallest absolute Gasteiger partial charge is 0.340 e. The van der Waals surface area contributed by atoms with E-state index in [0.29, 0.717) is 6.54 Å². The van der Waals surface area contributed by atoms with E-state index in [0.717, 1.165) is 11.3 Å². The zero-order chi connectivity index (χ0) is 17.5. The van der Waals surface area contributed by atoms with Crippen LogP contribution < -0.4 is 10.1 Å². The van der Waals surface area contributed by atoms with Gasteiger partial charge in [0.05, 0.1) is 17.7 Å². The molecule has 0 saturated heterocycles. The first-order valence-corrected chi connectivity index (χ1v) is 7.75. The molecule has 0 aliphatic carbocycles. The Labute approximate surface area is 145 Å². The van der Waals surface area contributed by atoms with Crippen molar-refractivity contribution >= 4 is 23.5 Å². The lowest BCUT2D eigenvalue weighted by atomic mass is 10.2. The van der Waals surface area contributed by atoms with E-state index in [1.54, 1.807) is 31.4 Å². The average Bonchev–Trinajstić information content (AvgIpc) is 2.60. The number of esters is 1. The fourth-order valence-electron chi connectivity index (χ4n) is 1.98. The average molecular weight is 348 g/mol. The molecule has 6 heteroatoms. The molecule has 2 aromatic carbocycles. The second-order valence-corrected chi connectivity index (χ2v) is 5.50. The maximum absolute atomic E-state index is 12.0. The number of benzene rings is 2. The number of rotatable bonds is 6. The number of methoxy groups -OCH3 is 1. The molecule has 0 aromatic heterocycles. The van der Waals surface area contributed by atoms with Gasteiger partial charge in [0.2, 0.25) is 0 Å². The van der Waals surface area contributed by atoms with E-state index in [1.807, 2.05) is 24.3 Å². The minimum atomic E-state index is -0.924. The van der Waals surface area contributed by atoms with Crippen LogP contribution in [0.3, 0.4) is 0 Å². The van der Waals surface area contributed by atoms with E-state index in [9.17, 15) is 9.59 Å². The molecule has 0 fully saturated rings. The molecule has 0 heterocycles. The van der Waals surface area contributed by atoms with Crippen LogP contribution in [0.15, 0.2) is 48.5 Å². The lowest BCUT2D eigenvalue weighted by Crippen LogP contribution is -2.35. The molecule has 0 saturated carbocycles. The number of amides is 1. The highest BCUT2D eigenvalue weighted by Crippen LogP contribution is 2.16. The quantitative estimate of drug-likeness (QED) is 0.815. The van der Waals surface area contributed by atoms with Crippen molar-refractivity contribution in [3.63, 3.8) is 0 Å². The highest BCUT2D eigenvalue weighted by atomic mass is 35.5. The minimum absolute atomic E-state index is 0.231. The minimum Gasteiger partial charge on any atom is -0.497 e. The number of ether oxygens (including phenoxy) is 2. The third kappa shape index (κ3) is 4.73. The summed E-state index contributed by atoms with van der Waals surface area (Å²) in [7, 11) is 1.59. The van der Waals surface area contributed by atoms with Gasteiger partial charge < -0.3 is 14.8 Å². The van der Waals surface area contributed by atoms with E-state index in [4.69, 9.17) is 21.1 Å². The highest BCUT2D eigenvalue weighted by Gasteiger charge is 2.20. The molecule has 126 valence electrons.